The van der Waals surface area contributed by atoms with E-state index in [1.165, 1.54) is 0 Å². The van der Waals surface area contributed by atoms with E-state index in [0.29, 0.717) is 13.2 Å². The number of fused-ring (bicyclic) bond motifs is 1. The lowest BCUT2D eigenvalue weighted by atomic mass is 9.87. The Morgan fingerprint density at radius 2 is 2.36 bits per heavy atom. The van der Waals surface area contributed by atoms with Gasteiger partial charge in [0.1, 0.15) is 0 Å². The zero-order chi connectivity index (χ0) is 7.84. The summed E-state index contributed by atoms with van der Waals surface area (Å²) >= 11 is 0. The van der Waals surface area contributed by atoms with E-state index in [9.17, 15) is 5.11 Å². The lowest BCUT2D eigenvalue weighted by molar-refractivity contribution is -0.00793. The molecule has 0 radical (unpaired) electrons. The number of benzene rings is 1. The van der Waals surface area contributed by atoms with Gasteiger partial charge in [-0.15, -0.1) is 0 Å². The summed E-state index contributed by atoms with van der Waals surface area (Å²) in [6, 6.07) is 5.38. The second-order valence-corrected chi connectivity index (χ2v) is 2.62. The molecule has 0 spiro atoms. The molecule has 4 heteroatoms. The van der Waals surface area contributed by atoms with Crippen LogP contribution in [-0.4, -0.2) is 12.6 Å². The largest absolute Gasteiger partial charge is 0.408 e. The van der Waals surface area contributed by atoms with E-state index in [1.54, 1.807) is 12.1 Å². The van der Waals surface area contributed by atoms with Crippen molar-refractivity contribution in [2.75, 3.05) is 5.73 Å². The minimum absolute atomic E-state index is 0.460. The molecule has 1 atom stereocenters. The maximum absolute atomic E-state index is 9.21. The Kier molecular flexibility index (Phi) is 1.37. The molecule has 1 heterocycles. The van der Waals surface area contributed by atoms with Gasteiger partial charge in [0.15, 0.2) is 6.29 Å². The van der Waals surface area contributed by atoms with Crippen molar-refractivity contribution in [2.45, 2.75) is 6.29 Å². The van der Waals surface area contributed by atoms with Crippen LogP contribution in [0.15, 0.2) is 18.2 Å². The van der Waals surface area contributed by atoms with E-state index in [0.717, 1.165) is 11.0 Å². The molecule has 1 aliphatic heterocycles. The van der Waals surface area contributed by atoms with Gasteiger partial charge in [-0.1, -0.05) is 6.07 Å². The van der Waals surface area contributed by atoms with Crippen molar-refractivity contribution in [2.24, 2.45) is 0 Å². The smallest absolute Gasteiger partial charge is 0.312 e. The van der Waals surface area contributed by atoms with Gasteiger partial charge in [-0.2, -0.15) is 0 Å². The van der Waals surface area contributed by atoms with Crippen molar-refractivity contribution in [1.82, 2.24) is 0 Å². The molecule has 0 bridgehead atoms. The fourth-order valence-electron chi connectivity index (χ4n) is 1.25. The zero-order valence-corrected chi connectivity index (χ0v) is 5.95. The first-order valence-corrected chi connectivity index (χ1v) is 3.45. The summed E-state index contributed by atoms with van der Waals surface area (Å²) in [5, 5.41) is 9.21. The average molecular weight is 149 g/mol. The predicted molar refractivity (Wildman–Crippen MR) is 43.7 cm³/mol. The van der Waals surface area contributed by atoms with Crippen LogP contribution in [-0.2, 0) is 4.65 Å². The first-order chi connectivity index (χ1) is 5.27. The lowest BCUT2D eigenvalue weighted by Crippen LogP contribution is -2.11. The summed E-state index contributed by atoms with van der Waals surface area (Å²) in [5.74, 6) is 0. The SMILES string of the molecule is Nc1ccc2c(c1)BOC2O. The molecule has 3 nitrogen and oxygen atoms in total. The molecule has 11 heavy (non-hydrogen) atoms. The highest BCUT2D eigenvalue weighted by Gasteiger charge is 2.21. The van der Waals surface area contributed by atoms with Gasteiger partial charge >= 0.3 is 7.48 Å². The standard InChI is InChI=1S/C7H8BNO2/c9-4-1-2-5-6(3-4)8-11-7(5)10/h1-3,7-8,10H,9H2. The molecular weight excluding hydrogens is 141 g/mol. The molecule has 0 saturated heterocycles. The van der Waals surface area contributed by atoms with Crippen LogP contribution in [0.4, 0.5) is 5.69 Å². The van der Waals surface area contributed by atoms with Crippen molar-refractivity contribution in [3.63, 3.8) is 0 Å². The fourth-order valence-corrected chi connectivity index (χ4v) is 1.25. The van der Waals surface area contributed by atoms with E-state index < -0.39 is 6.29 Å². The molecular formula is C7H8BNO2. The monoisotopic (exact) mass is 149 g/mol. The Balaban J connectivity index is 2.50. The van der Waals surface area contributed by atoms with E-state index in [2.05, 4.69) is 0 Å². The average Bonchev–Trinajstić information content (AvgIpc) is 2.32. The third-order valence-corrected chi connectivity index (χ3v) is 1.83. The van der Waals surface area contributed by atoms with Crippen LogP contribution in [0.3, 0.4) is 0 Å². The maximum Gasteiger partial charge on any atom is 0.312 e. The van der Waals surface area contributed by atoms with E-state index in [4.69, 9.17) is 10.4 Å². The number of hydrogen-bond donors (Lipinski definition) is 2. The van der Waals surface area contributed by atoms with Gasteiger partial charge in [-0.05, 0) is 17.6 Å². The van der Waals surface area contributed by atoms with Crippen LogP contribution in [0.5, 0.6) is 0 Å². The van der Waals surface area contributed by atoms with Crippen molar-refractivity contribution in [1.29, 1.82) is 0 Å². The van der Waals surface area contributed by atoms with Gasteiger partial charge in [0.25, 0.3) is 0 Å². The van der Waals surface area contributed by atoms with Crippen LogP contribution < -0.4 is 11.2 Å². The molecule has 1 aromatic rings. The van der Waals surface area contributed by atoms with Crippen LogP contribution in [0.25, 0.3) is 0 Å². The molecule has 0 aromatic heterocycles. The molecule has 0 aliphatic carbocycles. The quantitative estimate of drug-likeness (QED) is 0.377. The Hall–Kier alpha value is -0.995. The zero-order valence-electron chi connectivity index (χ0n) is 5.95. The van der Waals surface area contributed by atoms with Gasteiger partial charge in [0.2, 0.25) is 0 Å². The summed E-state index contributed by atoms with van der Waals surface area (Å²) in [6.45, 7) is 0. The second-order valence-electron chi connectivity index (χ2n) is 2.62. The number of rotatable bonds is 0. The summed E-state index contributed by atoms with van der Waals surface area (Å²) in [6.07, 6.45) is -0.759. The third kappa shape index (κ3) is 1.00. The van der Waals surface area contributed by atoms with Crippen LogP contribution >= 0.6 is 0 Å². The van der Waals surface area contributed by atoms with Crippen LogP contribution in [0.1, 0.15) is 11.9 Å². The highest BCUT2D eigenvalue weighted by atomic mass is 16.6. The topological polar surface area (TPSA) is 55.5 Å². The number of aliphatic hydroxyl groups excluding tert-OH is 1. The van der Waals surface area contributed by atoms with Gasteiger partial charge in [-0.25, -0.2) is 0 Å². The molecule has 56 valence electrons. The lowest BCUT2D eigenvalue weighted by Gasteiger charge is -2.02. The Morgan fingerprint density at radius 3 is 3.18 bits per heavy atom. The summed E-state index contributed by atoms with van der Waals surface area (Å²) in [5.41, 5.74) is 8.07. The van der Waals surface area contributed by atoms with Crippen molar-refractivity contribution in [3.8, 4) is 0 Å². The molecule has 1 unspecified atom stereocenters. The van der Waals surface area contributed by atoms with Crippen molar-refractivity contribution in [3.05, 3.63) is 23.8 Å². The van der Waals surface area contributed by atoms with E-state index >= 15 is 0 Å². The van der Waals surface area contributed by atoms with Gasteiger partial charge in [-0.3, -0.25) is 0 Å². The minimum Gasteiger partial charge on any atom is -0.408 e. The molecule has 0 amide bonds. The Labute approximate surface area is 65.1 Å². The van der Waals surface area contributed by atoms with E-state index in [1.807, 2.05) is 6.07 Å². The highest BCUT2D eigenvalue weighted by Crippen LogP contribution is 2.18. The highest BCUT2D eigenvalue weighted by molar-refractivity contribution is 6.49. The molecule has 1 aliphatic rings. The Morgan fingerprint density at radius 1 is 1.55 bits per heavy atom. The number of hydrogen-bond acceptors (Lipinski definition) is 3. The minimum atomic E-state index is -0.759. The molecule has 0 saturated carbocycles. The molecule has 2 rings (SSSR count). The molecule has 1 aromatic carbocycles. The fraction of sp³-hybridized carbons (Fsp3) is 0.143. The van der Waals surface area contributed by atoms with Gasteiger partial charge in [0.05, 0.1) is 0 Å². The maximum atomic E-state index is 9.21. The van der Waals surface area contributed by atoms with Crippen molar-refractivity contribution < 1.29 is 9.76 Å². The predicted octanol–water partition coefficient (Wildman–Crippen LogP) is -0.733. The number of anilines is 1. The first kappa shape index (κ1) is 6.70. The number of aliphatic hydroxyl groups is 1. The first-order valence-electron chi connectivity index (χ1n) is 3.45. The third-order valence-electron chi connectivity index (χ3n) is 1.83. The molecule has 0 fully saturated rings. The summed E-state index contributed by atoms with van der Waals surface area (Å²) in [4.78, 5) is 0. The van der Waals surface area contributed by atoms with E-state index in [-0.39, 0.29) is 0 Å². The van der Waals surface area contributed by atoms with Gasteiger partial charge in [0, 0.05) is 11.3 Å². The number of nitrogens with two attached hydrogens (primary N) is 1. The number of nitrogen functional groups attached to an aromatic ring is 1. The summed E-state index contributed by atoms with van der Waals surface area (Å²) < 4.78 is 4.98. The second kappa shape index (κ2) is 2.25. The van der Waals surface area contributed by atoms with Crippen LogP contribution in [0.2, 0.25) is 0 Å². The Bertz CT molecular complexity index is 290. The summed E-state index contributed by atoms with van der Waals surface area (Å²) in [7, 11) is 0.460. The van der Waals surface area contributed by atoms with Crippen LogP contribution in [0, 0.1) is 0 Å². The van der Waals surface area contributed by atoms with Gasteiger partial charge < -0.3 is 15.5 Å². The normalized spacial score (nSPS) is 21.0. The van der Waals surface area contributed by atoms with Crippen molar-refractivity contribution >= 4 is 18.6 Å². The molecule has 3 N–H and O–H groups in total.